The molecule has 2 aromatic rings. The van der Waals surface area contributed by atoms with Crippen molar-refractivity contribution >= 4 is 17.0 Å². The summed E-state index contributed by atoms with van der Waals surface area (Å²) in [5.41, 5.74) is 4.52. The predicted molar refractivity (Wildman–Crippen MR) is 66.1 cm³/mol. The molecule has 0 saturated heterocycles. The normalized spacial score (nSPS) is 10.9. The van der Waals surface area contributed by atoms with Crippen LogP contribution in [0.2, 0.25) is 0 Å². The van der Waals surface area contributed by atoms with Crippen LogP contribution in [-0.4, -0.2) is 20.6 Å². The first-order valence-corrected chi connectivity index (χ1v) is 5.72. The molecule has 0 saturated carbocycles. The van der Waals surface area contributed by atoms with Gasteiger partial charge in [0.2, 0.25) is 0 Å². The third-order valence-corrected chi connectivity index (χ3v) is 3.03. The minimum Gasteiger partial charge on any atom is -0.481 e. The molecule has 0 spiro atoms. The fraction of sp³-hybridized carbons (Fsp3) is 0.385. The molecule has 17 heavy (non-hydrogen) atoms. The number of aromatic nitrogens is 2. The number of hydrogen-bond donors (Lipinski definition) is 1. The average Bonchev–Trinajstić information content (AvgIpc) is 2.62. The number of carboxylic acids is 1. The van der Waals surface area contributed by atoms with E-state index in [1.165, 1.54) is 11.1 Å². The summed E-state index contributed by atoms with van der Waals surface area (Å²) in [6.45, 7) is 4.84. The second-order valence-electron chi connectivity index (χ2n) is 4.36. The van der Waals surface area contributed by atoms with E-state index in [1.807, 2.05) is 4.57 Å². The first kappa shape index (κ1) is 11.6. The van der Waals surface area contributed by atoms with E-state index >= 15 is 0 Å². The molecule has 0 bridgehead atoms. The van der Waals surface area contributed by atoms with Crippen molar-refractivity contribution in [2.45, 2.75) is 33.2 Å². The number of aryl methyl sites for hydroxylation is 3. The Morgan fingerprint density at radius 1 is 1.35 bits per heavy atom. The number of carbonyl (C=O) groups is 1. The Morgan fingerprint density at radius 2 is 2.06 bits per heavy atom. The van der Waals surface area contributed by atoms with Crippen LogP contribution in [0.4, 0.5) is 0 Å². The van der Waals surface area contributed by atoms with Crippen molar-refractivity contribution < 1.29 is 9.90 Å². The van der Waals surface area contributed by atoms with Gasteiger partial charge in [0.25, 0.3) is 0 Å². The molecule has 0 radical (unpaired) electrons. The molecule has 2 rings (SSSR count). The standard InChI is InChI=1S/C13H16N2O2/c1-9-6-11-12(7-10(9)2)15(8-14-11)5-3-4-13(16)17/h6-8H,3-5H2,1-2H3,(H,16,17). The summed E-state index contributed by atoms with van der Waals surface area (Å²) in [6, 6.07) is 4.18. The summed E-state index contributed by atoms with van der Waals surface area (Å²) < 4.78 is 2.02. The molecular weight excluding hydrogens is 216 g/mol. The molecular formula is C13H16N2O2. The molecule has 1 aromatic heterocycles. The lowest BCUT2D eigenvalue weighted by atomic mass is 10.1. The third-order valence-electron chi connectivity index (χ3n) is 3.03. The van der Waals surface area contributed by atoms with Crippen molar-refractivity contribution in [1.82, 2.24) is 9.55 Å². The Labute approximate surface area is 99.9 Å². The molecule has 1 heterocycles. The van der Waals surface area contributed by atoms with Gasteiger partial charge in [-0.25, -0.2) is 4.98 Å². The number of fused-ring (bicyclic) bond motifs is 1. The Kier molecular flexibility index (Phi) is 3.13. The minimum absolute atomic E-state index is 0.199. The average molecular weight is 232 g/mol. The fourth-order valence-electron chi connectivity index (χ4n) is 1.89. The van der Waals surface area contributed by atoms with Crippen molar-refractivity contribution in [3.05, 3.63) is 29.6 Å². The highest BCUT2D eigenvalue weighted by Crippen LogP contribution is 2.18. The van der Waals surface area contributed by atoms with Crippen LogP contribution in [-0.2, 0) is 11.3 Å². The van der Waals surface area contributed by atoms with Crippen LogP contribution in [0.1, 0.15) is 24.0 Å². The monoisotopic (exact) mass is 232 g/mol. The predicted octanol–water partition coefficient (Wildman–Crippen LogP) is 2.52. The van der Waals surface area contributed by atoms with E-state index in [9.17, 15) is 4.79 Å². The van der Waals surface area contributed by atoms with Crippen molar-refractivity contribution in [1.29, 1.82) is 0 Å². The van der Waals surface area contributed by atoms with E-state index < -0.39 is 5.97 Å². The highest BCUT2D eigenvalue weighted by Gasteiger charge is 2.05. The zero-order valence-corrected chi connectivity index (χ0v) is 10.1. The van der Waals surface area contributed by atoms with Crippen molar-refractivity contribution in [2.24, 2.45) is 0 Å². The zero-order chi connectivity index (χ0) is 12.4. The molecule has 90 valence electrons. The van der Waals surface area contributed by atoms with Crippen LogP contribution >= 0.6 is 0 Å². The summed E-state index contributed by atoms with van der Waals surface area (Å²) in [4.78, 5) is 14.8. The molecule has 4 heteroatoms. The number of nitrogens with zero attached hydrogens (tertiary/aromatic N) is 2. The molecule has 0 amide bonds. The first-order valence-electron chi connectivity index (χ1n) is 5.72. The van der Waals surface area contributed by atoms with Gasteiger partial charge in [-0.15, -0.1) is 0 Å². The molecule has 0 aliphatic heterocycles. The van der Waals surface area contributed by atoms with E-state index in [1.54, 1.807) is 6.33 Å². The third kappa shape index (κ3) is 2.46. The van der Waals surface area contributed by atoms with Crippen LogP contribution in [0.5, 0.6) is 0 Å². The number of imidazole rings is 1. The summed E-state index contributed by atoms with van der Waals surface area (Å²) in [5.74, 6) is -0.749. The molecule has 4 nitrogen and oxygen atoms in total. The van der Waals surface area contributed by atoms with Gasteiger partial charge in [0.1, 0.15) is 0 Å². The summed E-state index contributed by atoms with van der Waals surface area (Å²) in [6.07, 6.45) is 2.61. The summed E-state index contributed by atoms with van der Waals surface area (Å²) in [5, 5.41) is 8.61. The van der Waals surface area contributed by atoms with Gasteiger partial charge < -0.3 is 9.67 Å². The number of carboxylic acid groups (broad SMARTS) is 1. The van der Waals surface area contributed by atoms with E-state index in [4.69, 9.17) is 5.11 Å². The maximum Gasteiger partial charge on any atom is 0.303 e. The topological polar surface area (TPSA) is 55.1 Å². The van der Waals surface area contributed by atoms with E-state index in [-0.39, 0.29) is 6.42 Å². The molecule has 0 atom stereocenters. The quantitative estimate of drug-likeness (QED) is 0.881. The lowest BCUT2D eigenvalue weighted by molar-refractivity contribution is -0.137. The van der Waals surface area contributed by atoms with Crippen LogP contribution in [0.25, 0.3) is 11.0 Å². The van der Waals surface area contributed by atoms with Gasteiger partial charge in [-0.05, 0) is 43.5 Å². The smallest absolute Gasteiger partial charge is 0.303 e. The zero-order valence-electron chi connectivity index (χ0n) is 10.1. The molecule has 0 unspecified atom stereocenters. The second kappa shape index (κ2) is 4.57. The Hall–Kier alpha value is -1.84. The Morgan fingerprint density at radius 3 is 2.76 bits per heavy atom. The molecule has 1 aromatic carbocycles. The SMILES string of the molecule is Cc1cc2ncn(CCCC(=O)O)c2cc1C. The van der Waals surface area contributed by atoms with Gasteiger partial charge in [0.05, 0.1) is 17.4 Å². The minimum atomic E-state index is -0.749. The lowest BCUT2D eigenvalue weighted by Crippen LogP contribution is -2.01. The van der Waals surface area contributed by atoms with Gasteiger partial charge in [0.15, 0.2) is 0 Å². The maximum absolute atomic E-state index is 10.5. The van der Waals surface area contributed by atoms with Gasteiger partial charge in [-0.1, -0.05) is 0 Å². The second-order valence-corrected chi connectivity index (χ2v) is 4.36. The number of hydrogen-bond acceptors (Lipinski definition) is 2. The van der Waals surface area contributed by atoms with Gasteiger partial charge in [0, 0.05) is 13.0 Å². The molecule has 0 fully saturated rings. The van der Waals surface area contributed by atoms with Crippen molar-refractivity contribution in [2.75, 3.05) is 0 Å². The first-order chi connectivity index (χ1) is 8.08. The van der Waals surface area contributed by atoms with Crippen LogP contribution in [0, 0.1) is 13.8 Å². The Bertz CT molecular complexity index is 558. The van der Waals surface area contributed by atoms with E-state index in [0.717, 1.165) is 11.0 Å². The maximum atomic E-state index is 10.5. The number of aliphatic carboxylic acids is 1. The van der Waals surface area contributed by atoms with Gasteiger partial charge in [-0.3, -0.25) is 4.79 Å². The number of benzene rings is 1. The van der Waals surface area contributed by atoms with Gasteiger partial charge >= 0.3 is 5.97 Å². The molecule has 0 aliphatic carbocycles. The van der Waals surface area contributed by atoms with E-state index in [0.29, 0.717) is 13.0 Å². The van der Waals surface area contributed by atoms with Crippen molar-refractivity contribution in [3.8, 4) is 0 Å². The number of rotatable bonds is 4. The highest BCUT2D eigenvalue weighted by atomic mass is 16.4. The van der Waals surface area contributed by atoms with Crippen LogP contribution in [0.15, 0.2) is 18.5 Å². The highest BCUT2D eigenvalue weighted by molar-refractivity contribution is 5.77. The molecule has 1 N–H and O–H groups in total. The molecule has 0 aliphatic rings. The van der Waals surface area contributed by atoms with E-state index in [2.05, 4.69) is 31.0 Å². The van der Waals surface area contributed by atoms with Crippen LogP contribution in [0.3, 0.4) is 0 Å². The summed E-state index contributed by atoms with van der Waals surface area (Å²) >= 11 is 0. The Balaban J connectivity index is 2.23. The van der Waals surface area contributed by atoms with Crippen molar-refractivity contribution in [3.63, 3.8) is 0 Å². The van der Waals surface area contributed by atoms with Gasteiger partial charge in [-0.2, -0.15) is 0 Å². The van der Waals surface area contributed by atoms with Crippen LogP contribution < -0.4 is 0 Å². The fourth-order valence-corrected chi connectivity index (χ4v) is 1.89. The lowest BCUT2D eigenvalue weighted by Gasteiger charge is -2.04. The summed E-state index contributed by atoms with van der Waals surface area (Å²) in [7, 11) is 0. The largest absolute Gasteiger partial charge is 0.481 e.